The van der Waals surface area contributed by atoms with Gasteiger partial charge in [-0.1, -0.05) is 11.6 Å². The maximum absolute atomic E-state index is 12.7. The molecule has 1 saturated heterocycles. The SMILES string of the molecule is CNCCC1CCN(C(=O)CN2CCOc3ccc(Cl)cc32)CC1. The Morgan fingerprint density at radius 1 is 1.33 bits per heavy atom. The number of likely N-dealkylation sites (tertiary alicyclic amines) is 1. The van der Waals surface area contributed by atoms with E-state index < -0.39 is 0 Å². The summed E-state index contributed by atoms with van der Waals surface area (Å²) >= 11 is 6.10. The number of hydrogen-bond acceptors (Lipinski definition) is 4. The second-order valence-electron chi connectivity index (χ2n) is 6.60. The number of halogens is 1. The third kappa shape index (κ3) is 4.14. The van der Waals surface area contributed by atoms with Crippen LogP contribution >= 0.6 is 11.6 Å². The van der Waals surface area contributed by atoms with Crippen molar-refractivity contribution in [1.82, 2.24) is 10.2 Å². The number of hydrogen-bond donors (Lipinski definition) is 1. The minimum atomic E-state index is 0.204. The summed E-state index contributed by atoms with van der Waals surface area (Å²) in [5, 5.41) is 3.88. The van der Waals surface area contributed by atoms with Gasteiger partial charge in [0.25, 0.3) is 0 Å². The Hall–Kier alpha value is -1.46. The highest BCUT2D eigenvalue weighted by Gasteiger charge is 2.26. The zero-order chi connectivity index (χ0) is 16.9. The van der Waals surface area contributed by atoms with E-state index in [1.54, 1.807) is 0 Å². The normalized spacial score (nSPS) is 18.2. The molecular formula is C18H26ClN3O2. The molecule has 0 unspecified atom stereocenters. The molecule has 6 heteroatoms. The Balaban J connectivity index is 1.56. The number of anilines is 1. The number of carbonyl (C=O) groups excluding carboxylic acids is 1. The molecule has 2 aliphatic heterocycles. The third-order valence-corrected chi connectivity index (χ3v) is 5.21. The smallest absolute Gasteiger partial charge is 0.242 e. The molecule has 0 atom stereocenters. The topological polar surface area (TPSA) is 44.8 Å². The van der Waals surface area contributed by atoms with E-state index >= 15 is 0 Å². The largest absolute Gasteiger partial charge is 0.490 e. The Bertz CT molecular complexity index is 573. The lowest BCUT2D eigenvalue weighted by molar-refractivity contribution is -0.131. The van der Waals surface area contributed by atoms with Gasteiger partial charge in [-0.05, 0) is 57.0 Å². The monoisotopic (exact) mass is 351 g/mol. The molecule has 0 aliphatic carbocycles. The quantitative estimate of drug-likeness (QED) is 0.884. The van der Waals surface area contributed by atoms with Gasteiger partial charge in [0.1, 0.15) is 12.4 Å². The maximum atomic E-state index is 12.7. The van der Waals surface area contributed by atoms with Gasteiger partial charge in [0.05, 0.1) is 18.8 Å². The number of carbonyl (C=O) groups is 1. The summed E-state index contributed by atoms with van der Waals surface area (Å²) < 4.78 is 5.66. The lowest BCUT2D eigenvalue weighted by Crippen LogP contribution is -2.46. The molecule has 0 saturated carbocycles. The van der Waals surface area contributed by atoms with Gasteiger partial charge in [0, 0.05) is 18.1 Å². The highest BCUT2D eigenvalue weighted by Crippen LogP contribution is 2.34. The van der Waals surface area contributed by atoms with Gasteiger partial charge < -0.3 is 19.9 Å². The number of amides is 1. The van der Waals surface area contributed by atoms with E-state index in [9.17, 15) is 4.79 Å². The second-order valence-corrected chi connectivity index (χ2v) is 7.03. The van der Waals surface area contributed by atoms with Crippen LogP contribution in [0.5, 0.6) is 5.75 Å². The van der Waals surface area contributed by atoms with Crippen LogP contribution in [0.15, 0.2) is 18.2 Å². The molecule has 1 aromatic rings. The van der Waals surface area contributed by atoms with Crippen molar-refractivity contribution >= 4 is 23.2 Å². The van der Waals surface area contributed by atoms with Crippen molar-refractivity contribution in [3.63, 3.8) is 0 Å². The minimum Gasteiger partial charge on any atom is -0.490 e. The molecule has 1 N–H and O–H groups in total. The Labute approximate surface area is 148 Å². The van der Waals surface area contributed by atoms with Crippen LogP contribution in [0.3, 0.4) is 0 Å². The van der Waals surface area contributed by atoms with Crippen molar-refractivity contribution in [1.29, 1.82) is 0 Å². The fraction of sp³-hybridized carbons (Fsp3) is 0.611. The summed E-state index contributed by atoms with van der Waals surface area (Å²) in [7, 11) is 1.99. The first-order valence-corrected chi connectivity index (χ1v) is 9.15. The molecule has 1 fully saturated rings. The standard InChI is InChI=1S/C18H26ClN3O2/c1-20-7-4-14-5-8-21(9-6-14)18(23)13-22-10-11-24-17-3-2-15(19)12-16(17)22/h2-3,12,14,20H,4-11,13H2,1H3. The molecule has 1 aromatic carbocycles. The first kappa shape index (κ1) is 17.4. The Morgan fingerprint density at radius 2 is 2.12 bits per heavy atom. The van der Waals surface area contributed by atoms with E-state index in [4.69, 9.17) is 16.3 Å². The van der Waals surface area contributed by atoms with E-state index in [1.165, 1.54) is 6.42 Å². The molecule has 0 aromatic heterocycles. The maximum Gasteiger partial charge on any atom is 0.242 e. The van der Waals surface area contributed by atoms with E-state index in [0.29, 0.717) is 18.2 Å². The summed E-state index contributed by atoms with van der Waals surface area (Å²) in [6, 6.07) is 5.58. The number of piperidine rings is 1. The van der Waals surface area contributed by atoms with Gasteiger partial charge in [-0.25, -0.2) is 0 Å². The van der Waals surface area contributed by atoms with Gasteiger partial charge in [0.15, 0.2) is 0 Å². The first-order chi connectivity index (χ1) is 11.7. The van der Waals surface area contributed by atoms with Crippen LogP contribution in [-0.2, 0) is 4.79 Å². The molecule has 1 amide bonds. The molecule has 0 spiro atoms. The number of fused-ring (bicyclic) bond motifs is 1. The van der Waals surface area contributed by atoms with Crippen molar-refractivity contribution in [2.45, 2.75) is 19.3 Å². The van der Waals surface area contributed by atoms with Crippen LogP contribution in [0.4, 0.5) is 5.69 Å². The molecule has 132 valence electrons. The van der Waals surface area contributed by atoms with Crippen molar-refractivity contribution in [3.05, 3.63) is 23.2 Å². The van der Waals surface area contributed by atoms with E-state index in [0.717, 1.165) is 56.4 Å². The lowest BCUT2D eigenvalue weighted by atomic mass is 9.93. The number of nitrogens with zero attached hydrogens (tertiary/aromatic N) is 2. The predicted octanol–water partition coefficient (Wildman–Crippen LogP) is 2.39. The van der Waals surface area contributed by atoms with Gasteiger partial charge in [0.2, 0.25) is 5.91 Å². The minimum absolute atomic E-state index is 0.204. The van der Waals surface area contributed by atoms with Crippen LogP contribution < -0.4 is 15.0 Å². The highest BCUT2D eigenvalue weighted by molar-refractivity contribution is 6.31. The second kappa shape index (κ2) is 8.08. The Morgan fingerprint density at radius 3 is 2.88 bits per heavy atom. The Kier molecular flexibility index (Phi) is 5.85. The van der Waals surface area contributed by atoms with Crippen LogP contribution in [0.25, 0.3) is 0 Å². The molecular weight excluding hydrogens is 326 g/mol. The van der Waals surface area contributed by atoms with E-state index in [2.05, 4.69) is 10.2 Å². The molecule has 5 nitrogen and oxygen atoms in total. The third-order valence-electron chi connectivity index (χ3n) is 4.98. The molecule has 2 aliphatic rings. The van der Waals surface area contributed by atoms with Crippen molar-refractivity contribution in [2.75, 3.05) is 51.3 Å². The van der Waals surface area contributed by atoms with Crippen molar-refractivity contribution in [3.8, 4) is 5.75 Å². The predicted molar refractivity (Wildman–Crippen MR) is 97.0 cm³/mol. The summed E-state index contributed by atoms with van der Waals surface area (Å²) in [5.74, 6) is 1.75. The average molecular weight is 352 g/mol. The molecule has 0 radical (unpaired) electrons. The van der Waals surface area contributed by atoms with Crippen LogP contribution in [0.2, 0.25) is 5.02 Å². The van der Waals surface area contributed by atoms with Gasteiger partial charge in [-0.15, -0.1) is 0 Å². The van der Waals surface area contributed by atoms with Gasteiger partial charge >= 0.3 is 0 Å². The number of rotatable bonds is 5. The zero-order valence-corrected chi connectivity index (χ0v) is 15.0. The van der Waals surface area contributed by atoms with Crippen molar-refractivity contribution < 1.29 is 9.53 Å². The van der Waals surface area contributed by atoms with E-state index in [-0.39, 0.29) is 5.91 Å². The van der Waals surface area contributed by atoms with Crippen LogP contribution in [0, 0.1) is 5.92 Å². The highest BCUT2D eigenvalue weighted by atomic mass is 35.5. The first-order valence-electron chi connectivity index (χ1n) is 8.77. The van der Waals surface area contributed by atoms with Gasteiger partial charge in [-0.3, -0.25) is 4.79 Å². The fourth-order valence-corrected chi connectivity index (χ4v) is 3.66. The van der Waals surface area contributed by atoms with Crippen LogP contribution in [-0.4, -0.2) is 57.2 Å². The molecule has 0 bridgehead atoms. The molecule has 2 heterocycles. The number of ether oxygens (including phenoxy) is 1. The zero-order valence-electron chi connectivity index (χ0n) is 14.3. The summed E-state index contributed by atoms with van der Waals surface area (Å²) in [6.07, 6.45) is 3.42. The number of benzene rings is 1. The van der Waals surface area contributed by atoms with Crippen molar-refractivity contribution in [2.24, 2.45) is 5.92 Å². The fourth-order valence-electron chi connectivity index (χ4n) is 3.49. The van der Waals surface area contributed by atoms with E-state index in [1.807, 2.05) is 30.1 Å². The molecule has 24 heavy (non-hydrogen) atoms. The summed E-state index contributed by atoms with van der Waals surface area (Å²) in [6.45, 7) is 4.54. The summed E-state index contributed by atoms with van der Waals surface area (Å²) in [5.41, 5.74) is 0.922. The molecule has 3 rings (SSSR count). The lowest BCUT2D eigenvalue weighted by Gasteiger charge is -2.35. The number of nitrogens with one attached hydrogen (secondary N) is 1. The summed E-state index contributed by atoms with van der Waals surface area (Å²) in [4.78, 5) is 16.8. The van der Waals surface area contributed by atoms with Crippen LogP contribution in [0.1, 0.15) is 19.3 Å². The average Bonchev–Trinajstić information content (AvgIpc) is 2.61. The van der Waals surface area contributed by atoms with Gasteiger partial charge in [-0.2, -0.15) is 0 Å².